The Labute approximate surface area is 88.1 Å². The largest absolute Gasteiger partial charge is 0.103 e. The Morgan fingerprint density at radius 3 is 1.85 bits per heavy atom. The third-order valence-corrected chi connectivity index (χ3v) is 2.24. The monoisotopic (exact) mass is 236 g/mol. The highest BCUT2D eigenvalue weighted by atomic mass is 79.9. The molecule has 1 heteroatoms. The fraction of sp³-hybridized carbons (Fsp3) is 0.167. The molecule has 0 nitrogen and oxygen atoms in total. The van der Waals surface area contributed by atoms with Gasteiger partial charge in [0.05, 0.1) is 0 Å². The lowest BCUT2D eigenvalue weighted by molar-refractivity contribution is 1.20. The number of hydrogen-bond acceptors (Lipinski definition) is 0. The van der Waals surface area contributed by atoms with E-state index in [1.54, 1.807) is 0 Å². The van der Waals surface area contributed by atoms with Crippen LogP contribution in [0, 0.1) is 0 Å². The van der Waals surface area contributed by atoms with Gasteiger partial charge in [-0.3, -0.25) is 0 Å². The van der Waals surface area contributed by atoms with E-state index in [0.29, 0.717) is 0 Å². The van der Waals surface area contributed by atoms with Crippen LogP contribution < -0.4 is 0 Å². The van der Waals surface area contributed by atoms with Crippen molar-refractivity contribution < 1.29 is 0 Å². The second kappa shape index (κ2) is 5.03. The quantitative estimate of drug-likeness (QED) is 0.696. The molecule has 0 aliphatic heterocycles. The zero-order valence-corrected chi connectivity index (χ0v) is 9.18. The summed E-state index contributed by atoms with van der Waals surface area (Å²) >= 11 is 3.48. The first-order valence-corrected chi connectivity index (χ1v) is 5.05. The van der Waals surface area contributed by atoms with Crippen LogP contribution in [-0.2, 0) is 12.8 Å². The summed E-state index contributed by atoms with van der Waals surface area (Å²) in [6.07, 6.45) is 5.67. The Balaban J connectivity index is 2.95. The third kappa shape index (κ3) is 3.19. The van der Waals surface area contributed by atoms with E-state index in [-0.39, 0.29) is 0 Å². The van der Waals surface area contributed by atoms with Crippen LogP contribution in [0.1, 0.15) is 11.1 Å². The molecule has 0 aromatic heterocycles. The van der Waals surface area contributed by atoms with Crippen molar-refractivity contribution in [1.82, 2.24) is 0 Å². The van der Waals surface area contributed by atoms with Crippen LogP contribution in [0.2, 0.25) is 0 Å². The number of halogens is 1. The molecule has 0 heterocycles. The molecule has 0 aliphatic rings. The molecule has 1 aromatic rings. The first-order valence-electron chi connectivity index (χ1n) is 4.26. The average molecular weight is 237 g/mol. The van der Waals surface area contributed by atoms with E-state index in [9.17, 15) is 0 Å². The molecule has 0 fully saturated rings. The molecule has 0 radical (unpaired) electrons. The van der Waals surface area contributed by atoms with Crippen molar-refractivity contribution in [3.63, 3.8) is 0 Å². The van der Waals surface area contributed by atoms with Gasteiger partial charge in [-0.2, -0.15) is 0 Å². The minimum absolute atomic E-state index is 0.920. The summed E-state index contributed by atoms with van der Waals surface area (Å²) in [5.74, 6) is 0. The van der Waals surface area contributed by atoms with Gasteiger partial charge < -0.3 is 0 Å². The lowest BCUT2D eigenvalue weighted by Gasteiger charge is -2.02. The molecule has 13 heavy (non-hydrogen) atoms. The summed E-state index contributed by atoms with van der Waals surface area (Å²) in [5, 5.41) is 0. The number of rotatable bonds is 4. The standard InChI is InChI=1S/C12H13Br/c1-3-5-10-7-11(6-4-2)9-12(13)8-10/h3-4,7-9H,1-2,5-6H2. The van der Waals surface area contributed by atoms with Gasteiger partial charge >= 0.3 is 0 Å². The van der Waals surface area contributed by atoms with Crippen LogP contribution in [0.3, 0.4) is 0 Å². The predicted octanol–water partition coefficient (Wildman–Crippen LogP) is 3.91. The van der Waals surface area contributed by atoms with Crippen LogP contribution >= 0.6 is 15.9 Å². The molecule has 0 amide bonds. The van der Waals surface area contributed by atoms with E-state index in [4.69, 9.17) is 0 Å². The lowest BCUT2D eigenvalue weighted by atomic mass is 10.1. The third-order valence-electron chi connectivity index (χ3n) is 1.78. The van der Waals surface area contributed by atoms with Crippen LogP contribution in [0.15, 0.2) is 48.0 Å². The molecular formula is C12H13Br. The Morgan fingerprint density at radius 2 is 1.46 bits per heavy atom. The van der Waals surface area contributed by atoms with Crippen molar-refractivity contribution in [3.05, 3.63) is 59.1 Å². The minimum atomic E-state index is 0.920. The van der Waals surface area contributed by atoms with E-state index in [1.165, 1.54) is 11.1 Å². The molecule has 68 valence electrons. The van der Waals surface area contributed by atoms with Gasteiger partial charge in [0.1, 0.15) is 0 Å². The minimum Gasteiger partial charge on any atom is -0.103 e. The van der Waals surface area contributed by atoms with Crippen molar-refractivity contribution in [3.8, 4) is 0 Å². The topological polar surface area (TPSA) is 0 Å². The maximum atomic E-state index is 3.73. The van der Waals surface area contributed by atoms with Gasteiger partial charge in [0.25, 0.3) is 0 Å². The van der Waals surface area contributed by atoms with Crippen molar-refractivity contribution >= 4 is 15.9 Å². The molecule has 0 N–H and O–H groups in total. The Morgan fingerprint density at radius 1 is 1.00 bits per heavy atom. The molecule has 0 unspecified atom stereocenters. The highest BCUT2D eigenvalue weighted by molar-refractivity contribution is 9.10. The molecule has 1 aromatic carbocycles. The van der Waals surface area contributed by atoms with E-state index < -0.39 is 0 Å². The van der Waals surface area contributed by atoms with E-state index >= 15 is 0 Å². The first kappa shape index (κ1) is 10.3. The maximum Gasteiger partial charge on any atom is 0.0180 e. The van der Waals surface area contributed by atoms with Gasteiger partial charge in [0.15, 0.2) is 0 Å². The smallest absolute Gasteiger partial charge is 0.0180 e. The van der Waals surface area contributed by atoms with Gasteiger partial charge in [-0.1, -0.05) is 34.1 Å². The van der Waals surface area contributed by atoms with E-state index in [0.717, 1.165) is 17.3 Å². The fourth-order valence-corrected chi connectivity index (χ4v) is 1.87. The Kier molecular flexibility index (Phi) is 3.97. The zero-order chi connectivity index (χ0) is 9.68. The molecule has 0 bridgehead atoms. The van der Waals surface area contributed by atoms with Crippen molar-refractivity contribution in [2.24, 2.45) is 0 Å². The highest BCUT2D eigenvalue weighted by Gasteiger charge is 1.96. The highest BCUT2D eigenvalue weighted by Crippen LogP contribution is 2.17. The summed E-state index contributed by atoms with van der Waals surface area (Å²) in [7, 11) is 0. The molecule has 0 saturated heterocycles. The second-order valence-corrected chi connectivity index (χ2v) is 3.87. The molecule has 0 saturated carbocycles. The first-order chi connectivity index (χ1) is 6.26. The Hall–Kier alpha value is -0.820. The average Bonchev–Trinajstić information content (AvgIpc) is 2.04. The van der Waals surface area contributed by atoms with Crippen molar-refractivity contribution in [1.29, 1.82) is 0 Å². The molecular weight excluding hydrogens is 224 g/mol. The lowest BCUT2D eigenvalue weighted by Crippen LogP contribution is -1.86. The summed E-state index contributed by atoms with van der Waals surface area (Å²) < 4.78 is 1.13. The second-order valence-electron chi connectivity index (χ2n) is 2.95. The maximum absolute atomic E-state index is 3.73. The van der Waals surface area contributed by atoms with Crippen LogP contribution in [-0.4, -0.2) is 0 Å². The fourth-order valence-electron chi connectivity index (χ4n) is 1.29. The van der Waals surface area contributed by atoms with E-state index in [2.05, 4.69) is 47.3 Å². The number of hydrogen-bond donors (Lipinski definition) is 0. The molecule has 0 aliphatic carbocycles. The van der Waals surface area contributed by atoms with Gasteiger partial charge in [-0.25, -0.2) is 0 Å². The van der Waals surface area contributed by atoms with Crippen molar-refractivity contribution in [2.75, 3.05) is 0 Å². The SMILES string of the molecule is C=CCc1cc(Br)cc(CC=C)c1. The normalized spacial score (nSPS) is 9.62. The summed E-state index contributed by atoms with van der Waals surface area (Å²) in [4.78, 5) is 0. The molecule has 1 rings (SSSR count). The number of allylic oxidation sites excluding steroid dienone is 2. The van der Waals surface area contributed by atoms with Crippen LogP contribution in [0.5, 0.6) is 0 Å². The van der Waals surface area contributed by atoms with Gasteiger partial charge in [-0.15, -0.1) is 13.2 Å². The van der Waals surface area contributed by atoms with E-state index in [1.807, 2.05) is 12.2 Å². The molecule has 0 atom stereocenters. The predicted molar refractivity (Wildman–Crippen MR) is 61.9 cm³/mol. The Bertz CT molecular complexity index is 285. The summed E-state index contributed by atoms with van der Waals surface area (Å²) in [6, 6.07) is 6.43. The van der Waals surface area contributed by atoms with Crippen LogP contribution in [0.25, 0.3) is 0 Å². The van der Waals surface area contributed by atoms with Gasteiger partial charge in [0.2, 0.25) is 0 Å². The summed E-state index contributed by atoms with van der Waals surface area (Å²) in [6.45, 7) is 7.45. The van der Waals surface area contributed by atoms with Crippen LogP contribution in [0.4, 0.5) is 0 Å². The number of benzene rings is 1. The summed E-state index contributed by atoms with van der Waals surface area (Å²) in [5.41, 5.74) is 2.59. The zero-order valence-electron chi connectivity index (χ0n) is 7.59. The van der Waals surface area contributed by atoms with Crippen molar-refractivity contribution in [2.45, 2.75) is 12.8 Å². The van der Waals surface area contributed by atoms with Gasteiger partial charge in [0, 0.05) is 4.47 Å². The molecule has 0 spiro atoms. The van der Waals surface area contributed by atoms with Gasteiger partial charge in [-0.05, 0) is 36.1 Å².